The Hall–Kier alpha value is -2.95. The zero-order valence-corrected chi connectivity index (χ0v) is 24.8. The highest BCUT2D eigenvalue weighted by Crippen LogP contribution is 2.52. The van der Waals surface area contributed by atoms with Crippen LogP contribution in [-0.2, 0) is 14.3 Å². The highest BCUT2D eigenvalue weighted by Gasteiger charge is 2.52. The maximum absolute atomic E-state index is 14.0. The first-order valence-corrected chi connectivity index (χ1v) is 15.3. The SMILES string of the molecule is COc1cc(C=O)cc2c1OC1C2C(C(=O)NCCO)=CC(N(CCCOC(C)C)C(=O)CC2CC3CCC2C3)C1O. The third-order valence-electron chi connectivity index (χ3n) is 9.41. The summed E-state index contributed by atoms with van der Waals surface area (Å²) in [6.45, 7) is 4.56. The maximum atomic E-state index is 14.0. The fourth-order valence-electron chi connectivity index (χ4n) is 7.52. The van der Waals surface area contributed by atoms with Gasteiger partial charge in [-0.1, -0.05) is 6.42 Å². The van der Waals surface area contributed by atoms with Crippen molar-refractivity contribution in [3.63, 3.8) is 0 Å². The maximum Gasteiger partial charge on any atom is 0.247 e. The minimum atomic E-state index is -1.14. The lowest BCUT2D eigenvalue weighted by atomic mass is 9.77. The van der Waals surface area contributed by atoms with Gasteiger partial charge in [-0.15, -0.1) is 0 Å². The van der Waals surface area contributed by atoms with Gasteiger partial charge in [-0.05, 0) is 75.5 Å². The molecule has 7 atom stereocenters. The summed E-state index contributed by atoms with van der Waals surface area (Å²) in [5.74, 6) is 1.17. The molecule has 1 heterocycles. The number of nitrogens with one attached hydrogen (secondary N) is 1. The lowest BCUT2D eigenvalue weighted by Crippen LogP contribution is -2.56. The Bertz CT molecular complexity index is 1200. The van der Waals surface area contributed by atoms with Crippen LogP contribution in [-0.4, -0.2) is 91.0 Å². The third-order valence-corrected chi connectivity index (χ3v) is 9.41. The number of rotatable bonds is 13. The van der Waals surface area contributed by atoms with Gasteiger partial charge in [0.1, 0.15) is 18.5 Å². The van der Waals surface area contributed by atoms with E-state index in [0.29, 0.717) is 78.2 Å². The molecule has 4 aliphatic rings. The Labute approximate surface area is 247 Å². The summed E-state index contributed by atoms with van der Waals surface area (Å²) < 4.78 is 17.5. The van der Waals surface area contributed by atoms with Crippen LogP contribution in [0.3, 0.4) is 0 Å². The van der Waals surface area contributed by atoms with Gasteiger partial charge in [-0.3, -0.25) is 14.4 Å². The highest BCUT2D eigenvalue weighted by molar-refractivity contribution is 5.96. The molecule has 2 bridgehead atoms. The van der Waals surface area contributed by atoms with Crippen LogP contribution in [0.5, 0.6) is 11.5 Å². The van der Waals surface area contributed by atoms with E-state index in [1.54, 1.807) is 23.1 Å². The van der Waals surface area contributed by atoms with Crippen molar-refractivity contribution in [2.75, 3.05) is 33.4 Å². The van der Waals surface area contributed by atoms with Crippen LogP contribution in [0.4, 0.5) is 0 Å². The first-order valence-electron chi connectivity index (χ1n) is 15.3. The van der Waals surface area contributed by atoms with Gasteiger partial charge < -0.3 is 34.6 Å². The Kier molecular flexibility index (Phi) is 9.54. The number of carbonyl (C=O) groups is 3. The molecule has 3 N–H and O–H groups in total. The van der Waals surface area contributed by atoms with E-state index in [0.717, 1.165) is 6.42 Å². The lowest BCUT2D eigenvalue weighted by molar-refractivity contribution is -0.139. The van der Waals surface area contributed by atoms with E-state index in [9.17, 15) is 24.6 Å². The van der Waals surface area contributed by atoms with Gasteiger partial charge in [0.2, 0.25) is 11.8 Å². The Balaban J connectivity index is 1.49. The van der Waals surface area contributed by atoms with Gasteiger partial charge in [-0.25, -0.2) is 0 Å². The van der Waals surface area contributed by atoms with Crippen molar-refractivity contribution in [3.05, 3.63) is 34.9 Å². The monoisotopic (exact) mass is 584 g/mol. The van der Waals surface area contributed by atoms with Gasteiger partial charge in [0.25, 0.3) is 0 Å². The Morgan fingerprint density at radius 2 is 2.05 bits per heavy atom. The quantitative estimate of drug-likeness (QED) is 0.238. The molecule has 10 heteroatoms. The number of carbonyl (C=O) groups excluding carboxylic acids is 3. The van der Waals surface area contributed by atoms with Gasteiger partial charge in [0.15, 0.2) is 11.5 Å². The van der Waals surface area contributed by atoms with Crippen molar-refractivity contribution in [1.29, 1.82) is 0 Å². The number of ether oxygens (including phenoxy) is 3. The molecule has 2 saturated carbocycles. The minimum Gasteiger partial charge on any atom is -0.493 e. The van der Waals surface area contributed by atoms with Crippen LogP contribution >= 0.6 is 0 Å². The van der Waals surface area contributed by atoms with Gasteiger partial charge >= 0.3 is 0 Å². The lowest BCUT2D eigenvalue weighted by Gasteiger charge is -2.41. The number of methoxy groups -OCH3 is 1. The number of benzene rings is 1. The summed E-state index contributed by atoms with van der Waals surface area (Å²) >= 11 is 0. The molecule has 0 spiro atoms. The molecule has 7 unspecified atom stereocenters. The molecule has 3 aliphatic carbocycles. The van der Waals surface area contributed by atoms with E-state index >= 15 is 0 Å². The molecule has 10 nitrogen and oxygen atoms in total. The number of hydrogen-bond acceptors (Lipinski definition) is 8. The highest BCUT2D eigenvalue weighted by atomic mass is 16.5. The van der Waals surface area contributed by atoms with E-state index in [4.69, 9.17) is 14.2 Å². The first-order chi connectivity index (χ1) is 20.2. The molecule has 230 valence electrons. The summed E-state index contributed by atoms with van der Waals surface area (Å²) in [7, 11) is 1.47. The molecule has 1 aromatic carbocycles. The van der Waals surface area contributed by atoms with E-state index in [1.165, 1.54) is 26.4 Å². The number of fused-ring (bicyclic) bond motifs is 5. The second-order valence-corrected chi connectivity index (χ2v) is 12.4. The van der Waals surface area contributed by atoms with Crippen molar-refractivity contribution in [1.82, 2.24) is 10.2 Å². The number of aliphatic hydroxyl groups is 2. The summed E-state index contributed by atoms with van der Waals surface area (Å²) in [5.41, 5.74) is 1.24. The van der Waals surface area contributed by atoms with Crippen LogP contribution in [0, 0.1) is 17.8 Å². The van der Waals surface area contributed by atoms with Gasteiger partial charge in [0.05, 0.1) is 31.8 Å². The summed E-state index contributed by atoms with van der Waals surface area (Å²) in [4.78, 5) is 40.9. The van der Waals surface area contributed by atoms with Crippen LogP contribution in [0.25, 0.3) is 0 Å². The van der Waals surface area contributed by atoms with Crippen LogP contribution in [0.2, 0.25) is 0 Å². The Morgan fingerprint density at radius 3 is 2.69 bits per heavy atom. The summed E-state index contributed by atoms with van der Waals surface area (Å²) in [5, 5.41) is 23.9. The van der Waals surface area contributed by atoms with Gasteiger partial charge in [-0.2, -0.15) is 0 Å². The number of nitrogens with zero attached hydrogens (tertiary/aromatic N) is 1. The standard InChI is InChI=1S/C32H44N2O8/c1-18(2)41-10-4-8-34(27(37)15-22-12-19-5-6-21(22)11-19)25-16-24(32(39)33-7-9-35)28-23-13-20(17-36)14-26(40-3)30(23)42-31(28)29(25)38/h13-14,16-19,21-22,25,28-29,31,35,38H,4-12,15H2,1-3H3,(H,33,39). The minimum absolute atomic E-state index is 0.0395. The van der Waals surface area contributed by atoms with Crippen LogP contribution < -0.4 is 14.8 Å². The average Bonchev–Trinajstić information content (AvgIpc) is 3.70. The molecule has 5 rings (SSSR count). The van der Waals surface area contributed by atoms with Crippen LogP contribution in [0.15, 0.2) is 23.8 Å². The average molecular weight is 585 g/mol. The number of aldehydes is 1. The molecule has 2 amide bonds. The summed E-state index contributed by atoms with van der Waals surface area (Å²) in [6, 6.07) is 2.40. The van der Waals surface area contributed by atoms with Crippen molar-refractivity contribution < 1.29 is 38.8 Å². The normalized spacial score (nSPS) is 29.0. The van der Waals surface area contributed by atoms with E-state index in [2.05, 4.69) is 5.32 Å². The zero-order chi connectivity index (χ0) is 30.0. The fraction of sp³-hybridized carbons (Fsp3) is 0.656. The molecule has 1 aromatic rings. The second kappa shape index (κ2) is 13.1. The van der Waals surface area contributed by atoms with Crippen molar-refractivity contribution in [2.24, 2.45) is 17.8 Å². The Morgan fingerprint density at radius 1 is 1.24 bits per heavy atom. The number of hydrogen-bond donors (Lipinski definition) is 3. The molecule has 42 heavy (non-hydrogen) atoms. The largest absolute Gasteiger partial charge is 0.493 e. The molecule has 0 saturated heterocycles. The molecule has 0 aromatic heterocycles. The molecule has 0 radical (unpaired) electrons. The molecule has 2 fully saturated rings. The van der Waals surface area contributed by atoms with E-state index in [1.807, 2.05) is 13.8 Å². The van der Waals surface area contributed by atoms with Crippen molar-refractivity contribution in [2.45, 2.75) is 82.6 Å². The smallest absolute Gasteiger partial charge is 0.247 e. The van der Waals surface area contributed by atoms with Crippen molar-refractivity contribution in [3.8, 4) is 11.5 Å². The first kappa shape index (κ1) is 30.5. The second-order valence-electron chi connectivity index (χ2n) is 12.4. The number of amides is 2. The fourth-order valence-corrected chi connectivity index (χ4v) is 7.52. The molecular formula is C32H44N2O8. The molecular weight excluding hydrogens is 540 g/mol. The third kappa shape index (κ3) is 6.07. The van der Waals surface area contributed by atoms with Crippen LogP contribution in [0.1, 0.15) is 74.2 Å². The predicted octanol–water partition coefficient (Wildman–Crippen LogP) is 2.60. The van der Waals surface area contributed by atoms with Gasteiger partial charge in [0, 0.05) is 42.8 Å². The zero-order valence-electron chi connectivity index (χ0n) is 24.8. The summed E-state index contributed by atoms with van der Waals surface area (Å²) in [6.07, 6.45) is 6.09. The molecule has 1 aliphatic heterocycles. The topological polar surface area (TPSA) is 135 Å². The van der Waals surface area contributed by atoms with Crippen molar-refractivity contribution >= 4 is 18.1 Å². The predicted molar refractivity (Wildman–Crippen MR) is 154 cm³/mol. The number of aliphatic hydroxyl groups excluding tert-OH is 2. The van der Waals surface area contributed by atoms with E-state index < -0.39 is 30.1 Å². The van der Waals surface area contributed by atoms with E-state index in [-0.39, 0.29) is 25.2 Å².